The van der Waals surface area contributed by atoms with Gasteiger partial charge < -0.3 is 20.1 Å². The Morgan fingerprint density at radius 1 is 1.05 bits per heavy atom. The predicted octanol–water partition coefficient (Wildman–Crippen LogP) is 5.57. The molecule has 0 radical (unpaired) electrons. The van der Waals surface area contributed by atoms with E-state index in [2.05, 4.69) is 20.0 Å². The number of amides is 1. The molecule has 1 amide bonds. The number of carbonyl (C=O) groups is 3. The third kappa shape index (κ3) is 10.0. The van der Waals surface area contributed by atoms with Crippen molar-refractivity contribution < 1.29 is 28.4 Å². The summed E-state index contributed by atoms with van der Waals surface area (Å²) in [6, 6.07) is 14.3. The molecule has 2 aromatic carbocycles. The minimum absolute atomic E-state index is 0.0877. The molecule has 0 aliphatic carbocycles. The molecule has 2 heterocycles. The molecule has 2 aromatic heterocycles. The van der Waals surface area contributed by atoms with E-state index in [1.807, 2.05) is 32.0 Å². The zero-order valence-electron chi connectivity index (χ0n) is 22.6. The summed E-state index contributed by atoms with van der Waals surface area (Å²) in [5, 5.41) is 6.74. The molecule has 0 bridgehead atoms. The highest BCUT2D eigenvalue weighted by Gasteiger charge is 2.16. The van der Waals surface area contributed by atoms with Crippen LogP contribution in [0.4, 0.5) is 11.4 Å². The van der Waals surface area contributed by atoms with E-state index in [4.69, 9.17) is 44.3 Å². The van der Waals surface area contributed by atoms with Crippen LogP contribution in [0.5, 0.6) is 0 Å². The number of nitrogens with zero attached hydrogens (tertiary/aromatic N) is 3. The molecule has 0 spiro atoms. The average Bonchev–Trinajstić information content (AvgIpc) is 3.52. The third-order valence-corrected chi connectivity index (χ3v) is 7.07. The van der Waals surface area contributed by atoms with Crippen LogP contribution in [0.25, 0.3) is 10.6 Å². The number of esters is 1. The summed E-state index contributed by atoms with van der Waals surface area (Å²) in [5.41, 5.74) is 3.31. The summed E-state index contributed by atoms with van der Waals surface area (Å²) in [7, 11) is 0. The van der Waals surface area contributed by atoms with Gasteiger partial charge >= 0.3 is 5.97 Å². The van der Waals surface area contributed by atoms with Gasteiger partial charge in [-0.3, -0.25) is 9.59 Å². The third-order valence-electron chi connectivity index (χ3n) is 5.42. The largest absolute Gasteiger partial charge is 0.435 e. The van der Waals surface area contributed by atoms with Crippen molar-refractivity contribution in [3.05, 3.63) is 88.4 Å². The summed E-state index contributed by atoms with van der Waals surface area (Å²) >= 11 is 18.9. The van der Waals surface area contributed by atoms with Crippen molar-refractivity contribution in [2.24, 2.45) is 0 Å². The average molecular weight is 652 g/mol. The van der Waals surface area contributed by atoms with Gasteiger partial charge in [0.25, 0.3) is 5.91 Å². The van der Waals surface area contributed by atoms with Crippen molar-refractivity contribution in [2.45, 2.75) is 20.4 Å². The van der Waals surface area contributed by atoms with E-state index in [1.165, 1.54) is 17.9 Å². The summed E-state index contributed by atoms with van der Waals surface area (Å²) in [5.74, 6) is -0.760. The Kier molecular flexibility index (Phi) is 13.1. The Labute approximate surface area is 261 Å². The van der Waals surface area contributed by atoms with Crippen molar-refractivity contribution >= 4 is 74.8 Å². The first-order valence-corrected chi connectivity index (χ1v) is 14.4. The maximum atomic E-state index is 12.2. The lowest BCUT2D eigenvalue weighted by atomic mass is 10.1. The monoisotopic (exact) mass is 650 g/mol. The number of aromatic nitrogens is 3. The molecule has 42 heavy (non-hydrogen) atoms. The number of benzene rings is 2. The van der Waals surface area contributed by atoms with E-state index in [0.29, 0.717) is 33.6 Å². The highest BCUT2D eigenvalue weighted by atomic mass is 35.5. The second-order valence-electron chi connectivity index (χ2n) is 8.40. The first-order valence-electron chi connectivity index (χ1n) is 12.5. The SMILES string of the molecule is CCOCOC(=O)c1ccccc1Nc1c(Cl)ccc(C)c1Cl.O=C(Cl)CNC(=O)C[n+]1ccc(-c2ncns2)cc1. The standard InChI is InChI=1S/C17H17Cl2NO3.C11H9ClN4O2S/c1-3-22-10-23-17(21)12-6-4-5-7-14(12)20-16-13(18)9-8-11(2)15(16)19;12-9(17)5-13-10(18)6-16-3-1-8(2-4-16)11-14-7-15-19-11/h4-9,20H,3,10H2,1-2H3;1-4,7H,5-6H2/p+1. The molecule has 2 N–H and O–H groups in total. The quantitative estimate of drug-likeness (QED) is 0.0710. The number of hydrogen-bond donors (Lipinski definition) is 2. The van der Waals surface area contributed by atoms with Crippen LogP contribution in [0.15, 0.2) is 67.3 Å². The fraction of sp³-hybridized carbons (Fsp3) is 0.214. The van der Waals surface area contributed by atoms with E-state index in [1.54, 1.807) is 47.3 Å². The molecule has 4 aromatic rings. The molecule has 0 unspecified atom stereocenters. The van der Waals surface area contributed by atoms with Crippen LogP contribution >= 0.6 is 46.3 Å². The first-order chi connectivity index (χ1) is 20.2. The lowest BCUT2D eigenvalue weighted by Crippen LogP contribution is -2.43. The fourth-order valence-corrected chi connectivity index (χ4v) is 4.39. The van der Waals surface area contributed by atoms with Gasteiger partial charge in [-0.05, 0) is 60.7 Å². The number of ether oxygens (including phenoxy) is 2. The van der Waals surface area contributed by atoms with Crippen molar-refractivity contribution in [3.8, 4) is 10.6 Å². The molecule has 0 aliphatic rings. The number of anilines is 2. The summed E-state index contributed by atoms with van der Waals surface area (Å²) in [6.07, 6.45) is 5.02. The van der Waals surface area contributed by atoms with Crippen molar-refractivity contribution in [1.29, 1.82) is 0 Å². The molecule has 220 valence electrons. The molecule has 0 saturated carbocycles. The van der Waals surface area contributed by atoms with Crippen molar-refractivity contribution in [1.82, 2.24) is 14.7 Å². The van der Waals surface area contributed by atoms with Gasteiger partial charge in [-0.25, -0.2) is 9.78 Å². The van der Waals surface area contributed by atoms with Crippen LogP contribution in [0, 0.1) is 6.92 Å². The van der Waals surface area contributed by atoms with E-state index >= 15 is 0 Å². The van der Waals surface area contributed by atoms with Crippen molar-refractivity contribution in [3.63, 3.8) is 0 Å². The number of rotatable bonds is 11. The fourth-order valence-electron chi connectivity index (χ4n) is 3.33. The zero-order chi connectivity index (χ0) is 30.5. The molecule has 10 nitrogen and oxygen atoms in total. The van der Waals surface area contributed by atoms with Gasteiger partial charge in [-0.15, -0.1) is 0 Å². The zero-order valence-corrected chi connectivity index (χ0v) is 25.7. The lowest BCUT2D eigenvalue weighted by molar-refractivity contribution is -0.684. The minimum Gasteiger partial charge on any atom is -0.435 e. The number of pyridine rings is 1. The van der Waals surface area contributed by atoms with E-state index in [9.17, 15) is 14.4 Å². The van der Waals surface area contributed by atoms with Gasteiger partial charge in [-0.2, -0.15) is 8.94 Å². The van der Waals surface area contributed by atoms with E-state index in [-0.39, 0.29) is 25.8 Å². The predicted molar refractivity (Wildman–Crippen MR) is 162 cm³/mol. The minimum atomic E-state index is -0.593. The van der Waals surface area contributed by atoms with Crippen LogP contribution in [-0.4, -0.2) is 46.4 Å². The molecule has 14 heteroatoms. The molecule has 0 atom stereocenters. The van der Waals surface area contributed by atoms with Crippen LogP contribution in [-0.2, 0) is 25.6 Å². The maximum absolute atomic E-state index is 12.2. The molecule has 0 saturated heterocycles. The Morgan fingerprint density at radius 3 is 2.45 bits per heavy atom. The molecular weight excluding hydrogens is 625 g/mol. The smallest absolute Gasteiger partial charge is 0.342 e. The molecule has 0 aliphatic heterocycles. The highest BCUT2D eigenvalue weighted by molar-refractivity contribution is 7.09. The first kappa shape index (κ1) is 32.9. The summed E-state index contributed by atoms with van der Waals surface area (Å²) in [4.78, 5) is 38.2. The Balaban J connectivity index is 0.000000235. The number of aryl methyl sites for hydroxylation is 1. The van der Waals surface area contributed by atoms with Crippen LogP contribution in [0.1, 0.15) is 22.8 Å². The molecule has 4 rings (SSSR count). The van der Waals surface area contributed by atoms with Gasteiger partial charge in [0.15, 0.2) is 19.2 Å². The van der Waals surface area contributed by atoms with Gasteiger partial charge in [0.2, 0.25) is 11.8 Å². The van der Waals surface area contributed by atoms with Gasteiger partial charge in [0.05, 0.1) is 33.5 Å². The number of carbonyl (C=O) groups excluding carboxylic acids is 3. The Hall–Kier alpha value is -3.61. The van der Waals surface area contributed by atoms with Crippen molar-refractivity contribution in [2.75, 3.05) is 25.3 Å². The number of hydrogen-bond acceptors (Lipinski definition) is 9. The summed E-state index contributed by atoms with van der Waals surface area (Å²) < 4.78 is 15.7. The molecule has 0 fully saturated rings. The number of halogens is 3. The van der Waals surface area contributed by atoms with Crippen LogP contribution < -0.4 is 15.2 Å². The van der Waals surface area contributed by atoms with E-state index in [0.717, 1.165) is 16.1 Å². The topological polar surface area (TPSA) is 123 Å². The maximum Gasteiger partial charge on any atom is 0.342 e. The highest BCUT2D eigenvalue weighted by Crippen LogP contribution is 2.36. The second kappa shape index (κ2) is 16.7. The van der Waals surface area contributed by atoms with Gasteiger partial charge in [0, 0.05) is 24.3 Å². The summed E-state index contributed by atoms with van der Waals surface area (Å²) in [6.45, 7) is 4.05. The second-order valence-corrected chi connectivity index (χ2v) is 10.4. The Morgan fingerprint density at radius 2 is 1.79 bits per heavy atom. The van der Waals surface area contributed by atoms with E-state index < -0.39 is 11.2 Å². The Bertz CT molecular complexity index is 1500. The normalized spacial score (nSPS) is 10.3. The lowest BCUT2D eigenvalue weighted by Gasteiger charge is -2.15. The van der Waals surface area contributed by atoms with Gasteiger partial charge in [0.1, 0.15) is 11.3 Å². The number of nitrogens with one attached hydrogen (secondary N) is 2. The van der Waals surface area contributed by atoms with Crippen LogP contribution in [0.3, 0.4) is 0 Å². The van der Waals surface area contributed by atoms with Gasteiger partial charge in [-0.1, -0.05) is 41.4 Å². The van der Waals surface area contributed by atoms with Crippen LogP contribution in [0.2, 0.25) is 10.0 Å². The number of para-hydroxylation sites is 1. The molecular formula is C28H27Cl3N5O5S+.